The molecule has 0 amide bonds. The van der Waals surface area contributed by atoms with Crippen LogP contribution in [0.2, 0.25) is 0 Å². The quantitative estimate of drug-likeness (QED) is 0.0625. The van der Waals surface area contributed by atoms with E-state index in [1.54, 1.807) is 11.3 Å². The second kappa shape index (κ2) is 25.3. The number of anilines is 3. The van der Waals surface area contributed by atoms with Crippen molar-refractivity contribution < 1.29 is 142 Å². The van der Waals surface area contributed by atoms with Crippen LogP contribution in [-0.4, -0.2) is 96.2 Å². The minimum Gasteiger partial charge on any atom is -0.311 e. The Labute approximate surface area is 517 Å². The Morgan fingerprint density at radius 1 is 0.234 bits per heavy atom. The number of nitrogens with zero attached hydrogens (tertiary/aromatic N) is 4. The Morgan fingerprint density at radius 2 is 0.383 bits per heavy atom. The maximum atomic E-state index is 13.5. The van der Waals surface area contributed by atoms with Crippen LogP contribution in [0.25, 0.3) is 0 Å². The van der Waals surface area contributed by atoms with Crippen molar-refractivity contribution in [2.45, 2.75) is 47.7 Å². The molecule has 0 saturated carbocycles. The summed E-state index contributed by atoms with van der Waals surface area (Å²) in [6.45, 7) is 0. The highest BCUT2D eigenvalue weighted by Gasteiger charge is 2.60. The van der Waals surface area contributed by atoms with Crippen LogP contribution in [0.5, 0.6) is 0 Å². The molecule has 19 nitrogen and oxygen atoms in total. The normalized spacial score (nSPS) is 15.1. The molecule has 0 aliphatic heterocycles. The van der Waals surface area contributed by atoms with Crippen molar-refractivity contribution >= 4 is 100 Å². The summed E-state index contributed by atoms with van der Waals surface area (Å²) in [7, 11) is -63.0. The van der Waals surface area contributed by atoms with Crippen LogP contribution in [0.1, 0.15) is 33.4 Å². The number of alkyl halides is 18. The van der Waals surface area contributed by atoms with Crippen molar-refractivity contribution in [3.05, 3.63) is 179 Å². The zero-order valence-electron chi connectivity index (χ0n) is 44.2. The second-order valence-electron chi connectivity index (χ2n) is 17.4. The molecule has 0 saturated heterocycles. The molecule has 0 spiro atoms. The van der Waals surface area contributed by atoms with Gasteiger partial charge in [-0.2, -0.15) is 104 Å². The van der Waals surface area contributed by atoms with Gasteiger partial charge in [-0.1, -0.05) is 46.8 Å². The van der Waals surface area contributed by atoms with Crippen LogP contribution < -0.4 is 4.90 Å². The van der Waals surface area contributed by atoms with Gasteiger partial charge in [0, 0.05) is 50.4 Å². The van der Waals surface area contributed by atoms with E-state index in [4.69, 9.17) is 0 Å². The van der Waals surface area contributed by atoms with Gasteiger partial charge in [0.05, 0.1) is 14.7 Å². The maximum Gasteiger partial charge on any atom is 0.519 e. The first kappa shape index (κ1) is 75.1. The number of hydrogen-bond acceptors (Lipinski definition) is 16. The van der Waals surface area contributed by atoms with Gasteiger partial charge in [0.25, 0.3) is 0 Å². The summed E-state index contributed by atoms with van der Waals surface area (Å²) < 4.78 is 428. The molecule has 0 radical (unpaired) electrons. The van der Waals surface area contributed by atoms with E-state index in [-0.39, 0.29) is 86.8 Å². The Bertz CT molecular complexity index is 4800. The third-order valence-corrected chi connectivity index (χ3v) is 34.1. The molecule has 6 rings (SSSR count). The molecule has 6 aromatic rings. The molecule has 506 valence electrons. The molecule has 3 atom stereocenters. The Kier molecular flexibility index (Phi) is 20.3. The highest BCUT2D eigenvalue weighted by atomic mass is 33.2. The van der Waals surface area contributed by atoms with Crippen LogP contribution in [0.4, 0.5) is 96.1 Å². The maximum absolute atomic E-state index is 13.5. The van der Waals surface area contributed by atoms with Crippen LogP contribution in [0, 0.1) is 35.5 Å². The highest BCUT2D eigenvalue weighted by molar-refractivity contribution is 8.70. The SMILES string of the molecule is O=S(=O)(N=S(=O)(c1ccc(C#Cc2ccc(N(c3ccc(C#Cc4ccc(S(=O)(=NS(=O)(=O)C(F)(F)F)S(=O)(=O)C(F)(F)F)cc4)cc3)c3ccc(C#Cc4ccc(S(=O)(=NS(=O)(=O)C(F)(F)F)S(=O)(=O)C(F)(F)F)cc4)cc3)cc2)cc1)S(=O)(=O)C(F)(F)F)C(F)(F)F. The van der Waals surface area contributed by atoms with Gasteiger partial charge in [-0.15, -0.1) is 0 Å². The molecular formula is C48H24F18N4O15S9. The molecule has 0 N–H and O–H groups in total. The summed E-state index contributed by atoms with van der Waals surface area (Å²) in [4.78, 5) is -3.47. The lowest BCUT2D eigenvalue weighted by Crippen LogP contribution is -2.33. The highest BCUT2D eigenvalue weighted by Crippen LogP contribution is 2.42. The summed E-state index contributed by atoms with van der Waals surface area (Å²) in [5.41, 5.74) is -39.1. The average molecular weight is 1530 g/mol. The third-order valence-electron chi connectivity index (χ3n) is 11.1. The monoisotopic (exact) mass is 1530 g/mol. The summed E-state index contributed by atoms with van der Waals surface area (Å²) in [6, 6.07) is 21.6. The van der Waals surface area contributed by atoms with Gasteiger partial charge >= 0.3 is 89.7 Å². The average Bonchev–Trinajstić information content (AvgIpc) is 0.748. The third kappa shape index (κ3) is 15.1. The number of rotatable bonds is 12. The Hall–Kier alpha value is -7.91. The lowest BCUT2D eigenvalue weighted by molar-refractivity contribution is -0.0441. The molecule has 0 aliphatic rings. The zero-order valence-corrected chi connectivity index (χ0v) is 51.6. The topological polar surface area (TPSA) is 296 Å². The fraction of sp³-hybridized carbons (Fsp3) is 0.125. The molecule has 94 heavy (non-hydrogen) atoms. The summed E-state index contributed by atoms with van der Waals surface area (Å²) in [6.07, 6.45) is 0. The van der Waals surface area contributed by atoms with Gasteiger partial charge in [-0.3, -0.25) is 0 Å². The van der Waals surface area contributed by atoms with Crippen molar-refractivity contribution in [2.24, 2.45) is 11.3 Å². The Morgan fingerprint density at radius 3 is 0.521 bits per heavy atom. The van der Waals surface area contributed by atoms with Gasteiger partial charge in [0.2, 0.25) is 26.3 Å². The molecular weight excluding hydrogens is 1500 g/mol. The standard InChI is InChI=1S/C48H24F18N4O15S9/c49-43(50,51)89(74,75)67-86(71,92(80,81)46(58,59)60)40-25-13-34(14-26-40)4-1-31-7-19-37(20-8-31)70(38-21-9-32(10-22-38)2-5-35-15-27-41(28-16-35)87(72,93(82,83)47(61,62)63)68-90(76,77)44(52,53)54)39-23-11-33(12-24-39)3-6-36-17-29-42(30-18-36)88(73,94(84,85)48(64,65)66)69-91(78,79)45(55,56)57/h7-30H. The molecule has 0 aliphatic carbocycles. The minimum absolute atomic E-state index is 0.0925. The fourth-order valence-corrected chi connectivity index (χ4v) is 25.6. The fourth-order valence-electron chi connectivity index (χ4n) is 6.62. The van der Waals surface area contributed by atoms with E-state index >= 15 is 0 Å². The van der Waals surface area contributed by atoms with Gasteiger partial charge in [-0.25, -0.2) is 37.9 Å². The molecule has 0 heterocycles. The summed E-state index contributed by atoms with van der Waals surface area (Å²) in [5.74, 6) is 15.1. The van der Waals surface area contributed by atoms with E-state index in [0.29, 0.717) is 36.4 Å². The summed E-state index contributed by atoms with van der Waals surface area (Å²) >= 11 is 0. The van der Waals surface area contributed by atoms with E-state index in [2.05, 4.69) is 35.5 Å². The van der Waals surface area contributed by atoms with Crippen LogP contribution >= 0.6 is 0 Å². The van der Waals surface area contributed by atoms with Gasteiger partial charge in [0.15, 0.2) is 0 Å². The molecule has 0 bridgehead atoms. The number of sulfonamides is 3. The van der Waals surface area contributed by atoms with Crippen molar-refractivity contribution in [2.75, 3.05) is 4.90 Å². The predicted molar refractivity (Wildman–Crippen MR) is 295 cm³/mol. The van der Waals surface area contributed by atoms with Crippen molar-refractivity contribution in [3.63, 3.8) is 0 Å². The number of benzene rings is 6. The second-order valence-corrected chi connectivity index (χ2v) is 39.8. The predicted octanol–water partition coefficient (Wildman–Crippen LogP) is 10.9. The van der Waals surface area contributed by atoms with E-state index in [0.717, 1.165) is 0 Å². The van der Waals surface area contributed by atoms with Crippen LogP contribution in [-0.2, 0) is 83.0 Å². The number of hydrogen-bond donors (Lipinski definition) is 0. The molecule has 6 aromatic carbocycles. The minimum atomic E-state index is -7.31. The van der Waals surface area contributed by atoms with E-state index in [9.17, 15) is 142 Å². The Balaban J connectivity index is 1.39. The summed E-state index contributed by atoms with van der Waals surface area (Å²) in [5, 5.41) is 0. The molecule has 0 fully saturated rings. The molecule has 46 heteroatoms. The number of halogens is 18. The van der Waals surface area contributed by atoms with Gasteiger partial charge in [-0.05, 0) is 146 Å². The van der Waals surface area contributed by atoms with Crippen molar-refractivity contribution in [1.29, 1.82) is 0 Å². The van der Waals surface area contributed by atoms with Crippen LogP contribution in [0.3, 0.4) is 0 Å². The van der Waals surface area contributed by atoms with Gasteiger partial charge in [0.1, 0.15) is 0 Å². The van der Waals surface area contributed by atoms with E-state index in [1.165, 1.54) is 77.7 Å². The van der Waals surface area contributed by atoms with Crippen molar-refractivity contribution in [1.82, 2.24) is 0 Å². The van der Waals surface area contributed by atoms with Crippen LogP contribution in [0.15, 0.2) is 172 Å². The van der Waals surface area contributed by atoms with Gasteiger partial charge < -0.3 is 4.90 Å². The largest absolute Gasteiger partial charge is 0.519 e. The van der Waals surface area contributed by atoms with E-state index in [1.807, 2.05) is 0 Å². The lowest BCUT2D eigenvalue weighted by Gasteiger charge is -2.25. The van der Waals surface area contributed by atoms with E-state index < -0.39 is 131 Å². The van der Waals surface area contributed by atoms with Crippen molar-refractivity contribution in [3.8, 4) is 35.5 Å². The molecule has 0 aromatic heterocycles. The smallest absolute Gasteiger partial charge is 0.311 e. The first-order valence-electron chi connectivity index (χ1n) is 23.2. The first-order valence-corrected chi connectivity index (χ1v) is 38.0. The first-order chi connectivity index (χ1) is 42.5. The lowest BCUT2D eigenvalue weighted by atomic mass is 10.1. The molecule has 3 unspecified atom stereocenters. The zero-order chi connectivity index (χ0) is 71.3.